The molecule has 1 aromatic carbocycles. The predicted octanol–water partition coefficient (Wildman–Crippen LogP) is 3.57. The Kier molecular flexibility index (Phi) is 9.02. The van der Waals surface area contributed by atoms with Crippen LogP contribution in [0.2, 0.25) is 0 Å². The quantitative estimate of drug-likeness (QED) is 0.412. The lowest BCUT2D eigenvalue weighted by Crippen LogP contribution is -2.49. The summed E-state index contributed by atoms with van der Waals surface area (Å²) in [5.74, 6) is -1.16. The first-order valence-electron chi connectivity index (χ1n) is 10.0. The van der Waals surface area contributed by atoms with Crippen LogP contribution in [0.1, 0.15) is 58.8 Å². The summed E-state index contributed by atoms with van der Waals surface area (Å²) in [7, 11) is 0. The maximum Gasteiger partial charge on any atom is 0.416 e. The molecule has 0 aliphatic heterocycles. The normalized spacial score (nSPS) is 14.2. The molecule has 3 N–H and O–H groups in total. The highest BCUT2D eigenvalue weighted by atomic mass is 19.4. The van der Waals surface area contributed by atoms with E-state index in [-0.39, 0.29) is 17.3 Å². The van der Waals surface area contributed by atoms with E-state index in [4.69, 9.17) is 0 Å². The smallest absolute Gasteiger partial charge is 0.378 e. The Balaban J connectivity index is 2.79. The van der Waals surface area contributed by atoms with Crippen LogP contribution < -0.4 is 10.6 Å². The number of carbonyl (C=O) groups excluding carboxylic acids is 2. The average molecular weight is 457 g/mol. The van der Waals surface area contributed by atoms with Gasteiger partial charge in [0, 0.05) is 6.21 Å². The van der Waals surface area contributed by atoms with Crippen molar-refractivity contribution < 1.29 is 27.9 Å². The van der Waals surface area contributed by atoms with Crippen LogP contribution in [0.4, 0.5) is 13.2 Å². The molecule has 0 fully saturated rings. The summed E-state index contributed by atoms with van der Waals surface area (Å²) in [6.07, 6.45) is -4.56. The van der Waals surface area contributed by atoms with Crippen LogP contribution in [0.5, 0.6) is 0 Å². The average Bonchev–Trinajstić information content (AvgIpc) is 2.65. The number of carbonyl (C=O) groups is 2. The van der Waals surface area contributed by atoms with Gasteiger partial charge in [-0.25, -0.2) is 5.01 Å². The molecule has 1 aromatic rings. The number of halogens is 3. The topological polar surface area (TPSA) is 94.0 Å². The number of rotatable bonds is 8. The monoisotopic (exact) mass is 456 g/mol. The lowest BCUT2D eigenvalue weighted by atomic mass is 10.1. The van der Waals surface area contributed by atoms with Gasteiger partial charge in [-0.3, -0.25) is 9.59 Å². The molecule has 2 amide bonds. The van der Waals surface area contributed by atoms with Gasteiger partial charge in [0.05, 0.1) is 11.1 Å². The largest absolute Gasteiger partial charge is 0.416 e. The minimum Gasteiger partial charge on any atom is -0.378 e. The van der Waals surface area contributed by atoms with Gasteiger partial charge < -0.3 is 15.7 Å². The van der Waals surface area contributed by atoms with E-state index in [2.05, 4.69) is 22.3 Å². The van der Waals surface area contributed by atoms with Gasteiger partial charge >= 0.3 is 6.18 Å². The molecule has 0 aliphatic rings. The Morgan fingerprint density at radius 1 is 1.09 bits per heavy atom. The zero-order chi connectivity index (χ0) is 24.9. The molecular formula is C22H31F3N4O3. The Hall–Kier alpha value is -2.88. The zero-order valence-electron chi connectivity index (χ0n) is 19.1. The Labute approximate surface area is 186 Å². The van der Waals surface area contributed by atoms with E-state index in [9.17, 15) is 27.9 Å². The van der Waals surface area contributed by atoms with E-state index >= 15 is 0 Å². The number of nitrogens with zero attached hydrogens (tertiary/aromatic N) is 2. The van der Waals surface area contributed by atoms with Gasteiger partial charge in [-0.05, 0) is 51.3 Å². The Morgan fingerprint density at radius 2 is 1.62 bits per heavy atom. The summed E-state index contributed by atoms with van der Waals surface area (Å²) in [4.78, 5) is 24.8. The van der Waals surface area contributed by atoms with Crippen molar-refractivity contribution in [2.45, 2.75) is 65.4 Å². The van der Waals surface area contributed by atoms with Crippen molar-refractivity contribution in [3.05, 3.63) is 47.8 Å². The fourth-order valence-electron chi connectivity index (χ4n) is 2.51. The minimum absolute atomic E-state index is 0.0329. The van der Waals surface area contributed by atoms with Crippen molar-refractivity contribution in [2.75, 3.05) is 0 Å². The molecule has 0 radical (unpaired) electrons. The van der Waals surface area contributed by atoms with Crippen LogP contribution >= 0.6 is 0 Å². The Morgan fingerprint density at radius 3 is 2.06 bits per heavy atom. The van der Waals surface area contributed by atoms with E-state index in [1.165, 1.54) is 11.9 Å². The predicted molar refractivity (Wildman–Crippen MR) is 116 cm³/mol. The molecule has 0 aromatic heterocycles. The third kappa shape index (κ3) is 7.99. The molecule has 2 atom stereocenters. The fourth-order valence-corrected chi connectivity index (χ4v) is 2.51. The van der Waals surface area contributed by atoms with E-state index in [0.717, 1.165) is 24.3 Å². The van der Waals surface area contributed by atoms with Crippen LogP contribution in [-0.2, 0) is 15.8 Å². The second kappa shape index (κ2) is 10.6. The minimum atomic E-state index is -4.53. The van der Waals surface area contributed by atoms with Crippen molar-refractivity contribution in [3.8, 4) is 0 Å². The SMILES string of the molecule is C=C(NC(=O)[C@H](C)NC(=O)[C@@H](O)c1ccc(C(F)(F)F)cc1)N(/N=C/C(C)C)C(C)(C)C. The van der Waals surface area contributed by atoms with Crippen molar-refractivity contribution in [3.63, 3.8) is 0 Å². The highest BCUT2D eigenvalue weighted by Crippen LogP contribution is 2.30. The summed E-state index contributed by atoms with van der Waals surface area (Å²) in [6.45, 7) is 14.8. The lowest BCUT2D eigenvalue weighted by Gasteiger charge is -2.34. The summed E-state index contributed by atoms with van der Waals surface area (Å²) >= 11 is 0. The van der Waals surface area contributed by atoms with Crippen LogP contribution in [0.15, 0.2) is 41.8 Å². The third-order valence-electron chi connectivity index (χ3n) is 4.19. The first-order valence-corrected chi connectivity index (χ1v) is 10.0. The van der Waals surface area contributed by atoms with Gasteiger partial charge in [-0.2, -0.15) is 18.3 Å². The lowest BCUT2D eigenvalue weighted by molar-refractivity contribution is -0.137. The summed E-state index contributed by atoms with van der Waals surface area (Å²) < 4.78 is 38.0. The molecular weight excluding hydrogens is 425 g/mol. The van der Waals surface area contributed by atoms with E-state index in [1.807, 2.05) is 34.6 Å². The first kappa shape index (κ1) is 27.2. The van der Waals surface area contributed by atoms with Crippen molar-refractivity contribution in [2.24, 2.45) is 11.0 Å². The van der Waals surface area contributed by atoms with E-state index in [0.29, 0.717) is 0 Å². The van der Waals surface area contributed by atoms with Crippen LogP contribution in [-0.4, -0.2) is 39.7 Å². The molecule has 0 saturated carbocycles. The molecule has 0 unspecified atom stereocenters. The zero-order valence-corrected chi connectivity index (χ0v) is 19.1. The molecule has 0 heterocycles. The summed E-state index contributed by atoms with van der Waals surface area (Å²) in [6, 6.07) is 2.50. The number of amides is 2. The van der Waals surface area contributed by atoms with E-state index in [1.54, 1.807) is 6.21 Å². The second-order valence-electron chi connectivity index (χ2n) is 8.68. The summed E-state index contributed by atoms with van der Waals surface area (Å²) in [5, 5.41) is 20.9. The molecule has 10 heteroatoms. The van der Waals surface area contributed by atoms with Gasteiger partial charge in [-0.1, -0.05) is 32.6 Å². The number of aliphatic hydroxyl groups excluding tert-OH is 1. The second-order valence-corrected chi connectivity index (χ2v) is 8.68. The van der Waals surface area contributed by atoms with E-state index < -0.39 is 41.2 Å². The van der Waals surface area contributed by atoms with Crippen molar-refractivity contribution >= 4 is 18.0 Å². The molecule has 0 saturated heterocycles. The number of benzene rings is 1. The molecule has 178 valence electrons. The fraction of sp³-hybridized carbons (Fsp3) is 0.500. The standard InChI is InChI=1S/C22H31F3N4O3/c1-13(2)12-26-29(21(5,6)7)15(4)28-19(31)14(3)27-20(32)18(30)16-8-10-17(11-9-16)22(23,24)25/h8-14,18,30H,4H2,1-3,5-7H3,(H,27,32)(H,28,31)/b26-12+/t14-,18-/m0/s1. The van der Waals surface area contributed by atoms with Gasteiger partial charge in [0.25, 0.3) is 5.91 Å². The van der Waals surface area contributed by atoms with Gasteiger partial charge in [0.1, 0.15) is 11.9 Å². The summed E-state index contributed by atoms with van der Waals surface area (Å²) in [5.41, 5.74) is -1.42. The molecule has 0 bridgehead atoms. The number of aliphatic hydroxyl groups is 1. The first-order chi connectivity index (χ1) is 14.5. The number of hydrazone groups is 1. The molecule has 0 aliphatic carbocycles. The number of alkyl halides is 3. The van der Waals surface area contributed by atoms with Crippen LogP contribution in [0, 0.1) is 5.92 Å². The van der Waals surface area contributed by atoms with Gasteiger partial charge in [-0.15, -0.1) is 0 Å². The molecule has 0 spiro atoms. The highest BCUT2D eigenvalue weighted by molar-refractivity contribution is 5.90. The molecule has 32 heavy (non-hydrogen) atoms. The Bertz CT molecular complexity index is 843. The maximum absolute atomic E-state index is 12.7. The van der Waals surface area contributed by atoms with Crippen molar-refractivity contribution in [1.82, 2.24) is 15.6 Å². The highest BCUT2D eigenvalue weighted by Gasteiger charge is 2.31. The van der Waals surface area contributed by atoms with Gasteiger partial charge in [0.2, 0.25) is 5.91 Å². The number of nitrogens with one attached hydrogen (secondary N) is 2. The number of hydrogen-bond donors (Lipinski definition) is 3. The van der Waals surface area contributed by atoms with Crippen LogP contribution in [0.25, 0.3) is 0 Å². The molecule has 1 rings (SSSR count). The molecule has 7 nitrogen and oxygen atoms in total. The number of hydrogen-bond acceptors (Lipinski definition) is 5. The third-order valence-corrected chi connectivity index (χ3v) is 4.19. The van der Waals surface area contributed by atoms with Crippen LogP contribution in [0.3, 0.4) is 0 Å². The van der Waals surface area contributed by atoms with Crippen molar-refractivity contribution in [1.29, 1.82) is 0 Å². The maximum atomic E-state index is 12.7. The van der Waals surface area contributed by atoms with Gasteiger partial charge in [0.15, 0.2) is 6.10 Å².